The number of hydrogen-bond acceptors (Lipinski definition) is 5. The maximum absolute atomic E-state index is 13.2. The Labute approximate surface area is 185 Å². The van der Waals surface area contributed by atoms with Crippen molar-refractivity contribution in [1.82, 2.24) is 19.4 Å². The van der Waals surface area contributed by atoms with Crippen molar-refractivity contribution in [3.8, 4) is 0 Å². The zero-order valence-electron chi connectivity index (χ0n) is 17.6. The van der Waals surface area contributed by atoms with Crippen LogP contribution < -0.4 is 15.8 Å². The zero-order chi connectivity index (χ0) is 22.0. The number of benzene rings is 1. The van der Waals surface area contributed by atoms with E-state index in [1.54, 1.807) is 46.1 Å². The molecule has 162 valence electrons. The number of hydrogen-bond donors (Lipinski definition) is 1. The van der Waals surface area contributed by atoms with Crippen LogP contribution in [0.4, 0.5) is 16.3 Å². The average Bonchev–Trinajstić information content (AvgIpc) is 2.77. The maximum atomic E-state index is 13.2. The minimum Gasteiger partial charge on any atom is -0.348 e. The molecule has 8 nitrogen and oxygen atoms in total. The zero-order valence-corrected chi connectivity index (χ0v) is 18.3. The molecule has 3 heterocycles. The van der Waals surface area contributed by atoms with E-state index in [9.17, 15) is 9.59 Å². The molecule has 1 fully saturated rings. The molecule has 0 radical (unpaired) electrons. The van der Waals surface area contributed by atoms with Crippen LogP contribution in [-0.4, -0.2) is 51.6 Å². The molecular formula is C22H25ClN6O2. The first-order valence-electron chi connectivity index (χ1n) is 10.3. The van der Waals surface area contributed by atoms with Gasteiger partial charge in [0.05, 0.1) is 17.2 Å². The number of carbonyl (C=O) groups excluding carboxylic acids is 1. The Morgan fingerprint density at radius 1 is 1.13 bits per heavy atom. The van der Waals surface area contributed by atoms with Crippen LogP contribution in [0.2, 0.25) is 5.02 Å². The van der Waals surface area contributed by atoms with Crippen LogP contribution in [0.15, 0.2) is 47.5 Å². The summed E-state index contributed by atoms with van der Waals surface area (Å²) in [5.41, 5.74) is 2.06. The quantitative estimate of drug-likeness (QED) is 0.671. The molecule has 3 aromatic rings. The molecule has 2 amide bonds. The van der Waals surface area contributed by atoms with Crippen LogP contribution >= 0.6 is 11.6 Å². The van der Waals surface area contributed by atoms with E-state index in [1.807, 2.05) is 11.0 Å². The van der Waals surface area contributed by atoms with Gasteiger partial charge in [0.15, 0.2) is 5.82 Å². The summed E-state index contributed by atoms with van der Waals surface area (Å²) in [5.74, 6) is 0.738. The minimum atomic E-state index is -0.170. The number of halogens is 1. The minimum absolute atomic E-state index is 0.117. The van der Waals surface area contributed by atoms with Gasteiger partial charge in [-0.25, -0.2) is 9.78 Å². The Bertz CT molecular complexity index is 1140. The molecule has 2 aromatic heterocycles. The predicted octanol–water partition coefficient (Wildman–Crippen LogP) is 3.46. The van der Waals surface area contributed by atoms with Gasteiger partial charge in [-0.15, -0.1) is 0 Å². The Morgan fingerprint density at radius 3 is 2.52 bits per heavy atom. The van der Waals surface area contributed by atoms with Crippen molar-refractivity contribution < 1.29 is 4.79 Å². The third kappa shape index (κ3) is 4.64. The number of fused-ring (bicyclic) bond motifs is 1. The lowest BCUT2D eigenvalue weighted by Gasteiger charge is -2.35. The van der Waals surface area contributed by atoms with Gasteiger partial charge >= 0.3 is 6.03 Å². The molecule has 0 aliphatic carbocycles. The lowest BCUT2D eigenvalue weighted by Crippen LogP contribution is -2.51. The Hall–Kier alpha value is -3.13. The van der Waals surface area contributed by atoms with Crippen LogP contribution in [0.5, 0.6) is 0 Å². The molecular weight excluding hydrogens is 416 g/mol. The number of piperazine rings is 1. The van der Waals surface area contributed by atoms with Gasteiger partial charge in [-0.2, -0.15) is 0 Å². The first-order chi connectivity index (χ1) is 14.9. The first kappa shape index (κ1) is 21.1. The van der Waals surface area contributed by atoms with Gasteiger partial charge in [0.2, 0.25) is 0 Å². The highest BCUT2D eigenvalue weighted by atomic mass is 35.5. The molecule has 1 N–H and O–H groups in total. The standard InChI is InChI=1S/C22H25ClN6O2/c1-15(2)14-29-19-13-24-8-7-18(19)26-20(21(29)30)27-9-11-28(12-10-27)22(31)25-17-5-3-16(23)4-6-17/h3-8,13,15H,9-12,14H2,1-2H3,(H,25,31). The summed E-state index contributed by atoms with van der Waals surface area (Å²) in [5, 5.41) is 3.50. The molecule has 1 aliphatic heterocycles. The van der Waals surface area contributed by atoms with Crippen LogP contribution in [0, 0.1) is 5.92 Å². The summed E-state index contributed by atoms with van der Waals surface area (Å²) in [6, 6.07) is 8.65. The predicted molar refractivity (Wildman–Crippen MR) is 123 cm³/mol. The molecule has 1 saturated heterocycles. The number of nitrogens with one attached hydrogen (secondary N) is 1. The van der Waals surface area contributed by atoms with Crippen molar-refractivity contribution >= 4 is 40.2 Å². The van der Waals surface area contributed by atoms with Gasteiger partial charge in [-0.3, -0.25) is 9.78 Å². The van der Waals surface area contributed by atoms with Crippen LogP contribution in [0.1, 0.15) is 13.8 Å². The smallest absolute Gasteiger partial charge is 0.321 e. The fraction of sp³-hybridized carbons (Fsp3) is 0.364. The van der Waals surface area contributed by atoms with Gasteiger partial charge in [-0.05, 0) is 36.2 Å². The molecule has 31 heavy (non-hydrogen) atoms. The van der Waals surface area contributed by atoms with E-state index in [0.29, 0.717) is 55.2 Å². The summed E-state index contributed by atoms with van der Waals surface area (Å²) in [7, 11) is 0. The number of amides is 2. The van der Waals surface area contributed by atoms with Crippen LogP contribution in [0.25, 0.3) is 11.0 Å². The second-order valence-electron chi connectivity index (χ2n) is 8.02. The van der Waals surface area contributed by atoms with Gasteiger partial charge in [0.25, 0.3) is 5.56 Å². The number of urea groups is 1. The highest BCUT2D eigenvalue weighted by Crippen LogP contribution is 2.18. The Morgan fingerprint density at radius 2 is 1.84 bits per heavy atom. The highest BCUT2D eigenvalue weighted by molar-refractivity contribution is 6.30. The molecule has 0 unspecified atom stereocenters. The Balaban J connectivity index is 1.50. The van der Waals surface area contributed by atoms with Crippen molar-refractivity contribution in [3.05, 3.63) is 58.1 Å². The third-order valence-electron chi connectivity index (χ3n) is 5.24. The molecule has 1 aliphatic rings. The van der Waals surface area contributed by atoms with Crippen molar-refractivity contribution in [3.63, 3.8) is 0 Å². The fourth-order valence-electron chi connectivity index (χ4n) is 3.68. The summed E-state index contributed by atoms with van der Waals surface area (Å²) in [6.07, 6.45) is 3.37. The van der Waals surface area contributed by atoms with Crippen molar-refractivity contribution in [2.24, 2.45) is 5.92 Å². The van der Waals surface area contributed by atoms with E-state index in [2.05, 4.69) is 29.1 Å². The second kappa shape index (κ2) is 8.93. The van der Waals surface area contributed by atoms with Gasteiger partial charge in [0, 0.05) is 49.6 Å². The van der Waals surface area contributed by atoms with Crippen LogP contribution in [0.3, 0.4) is 0 Å². The summed E-state index contributed by atoms with van der Waals surface area (Å²) < 4.78 is 1.76. The van der Waals surface area contributed by atoms with Gasteiger partial charge < -0.3 is 19.7 Å². The molecule has 0 bridgehead atoms. The lowest BCUT2D eigenvalue weighted by atomic mass is 10.2. The van der Waals surface area contributed by atoms with Crippen LogP contribution in [-0.2, 0) is 6.54 Å². The monoisotopic (exact) mass is 440 g/mol. The molecule has 0 saturated carbocycles. The summed E-state index contributed by atoms with van der Waals surface area (Å²) in [4.78, 5) is 38.3. The summed E-state index contributed by atoms with van der Waals surface area (Å²) >= 11 is 5.89. The normalized spacial score (nSPS) is 14.3. The average molecular weight is 441 g/mol. The fourth-order valence-corrected chi connectivity index (χ4v) is 3.81. The van der Waals surface area contributed by atoms with Crippen molar-refractivity contribution in [2.45, 2.75) is 20.4 Å². The number of nitrogens with zero attached hydrogens (tertiary/aromatic N) is 5. The second-order valence-corrected chi connectivity index (χ2v) is 8.46. The molecule has 4 rings (SSSR count). The number of aromatic nitrogens is 3. The van der Waals surface area contributed by atoms with Crippen molar-refractivity contribution in [1.29, 1.82) is 0 Å². The van der Waals surface area contributed by atoms with E-state index >= 15 is 0 Å². The van der Waals surface area contributed by atoms with Gasteiger partial charge in [0.1, 0.15) is 0 Å². The van der Waals surface area contributed by atoms with Gasteiger partial charge in [-0.1, -0.05) is 25.4 Å². The number of anilines is 2. The molecule has 0 atom stereocenters. The third-order valence-corrected chi connectivity index (χ3v) is 5.49. The highest BCUT2D eigenvalue weighted by Gasteiger charge is 2.25. The van der Waals surface area contributed by atoms with E-state index in [0.717, 1.165) is 11.0 Å². The van der Waals surface area contributed by atoms with E-state index in [4.69, 9.17) is 11.6 Å². The SMILES string of the molecule is CC(C)Cn1c(=O)c(N2CCN(C(=O)Nc3ccc(Cl)cc3)CC2)nc2ccncc21. The molecule has 0 spiro atoms. The number of rotatable bonds is 4. The van der Waals surface area contributed by atoms with Crippen molar-refractivity contribution in [2.75, 3.05) is 36.4 Å². The molecule has 1 aromatic carbocycles. The largest absolute Gasteiger partial charge is 0.348 e. The maximum Gasteiger partial charge on any atom is 0.321 e. The number of carbonyl (C=O) groups is 1. The van der Waals surface area contributed by atoms with E-state index in [1.165, 1.54) is 0 Å². The molecule has 9 heteroatoms. The Kier molecular flexibility index (Phi) is 6.08. The lowest BCUT2D eigenvalue weighted by molar-refractivity contribution is 0.208. The first-order valence-corrected chi connectivity index (χ1v) is 10.7. The number of pyridine rings is 1. The van der Waals surface area contributed by atoms with E-state index in [-0.39, 0.29) is 11.6 Å². The summed E-state index contributed by atoms with van der Waals surface area (Å²) in [6.45, 7) is 6.82. The topological polar surface area (TPSA) is 83.4 Å². The van der Waals surface area contributed by atoms with E-state index < -0.39 is 0 Å².